The first-order valence-electron chi connectivity index (χ1n) is 11.4. The maximum Gasteiger partial charge on any atom is 0.303 e. The number of carbonyl (C=O) groups is 1. The molecule has 4 unspecified atom stereocenters. The molecule has 0 amide bonds. The van der Waals surface area contributed by atoms with Gasteiger partial charge >= 0.3 is 5.97 Å². The molecule has 0 aliphatic carbocycles. The van der Waals surface area contributed by atoms with Crippen LogP contribution in [0.15, 0.2) is 0 Å². The second-order valence-corrected chi connectivity index (χ2v) is 7.99. The quantitative estimate of drug-likeness (QED) is 0.243. The van der Waals surface area contributed by atoms with E-state index in [1.54, 1.807) is 0 Å². The van der Waals surface area contributed by atoms with Crippen LogP contribution in [0.1, 0.15) is 96.8 Å². The van der Waals surface area contributed by atoms with E-state index < -0.39 is 37.0 Å². The smallest absolute Gasteiger partial charge is 0.303 e. The Labute approximate surface area is 176 Å². The molecule has 174 valence electrons. The molecule has 0 aromatic rings. The molecule has 1 aliphatic heterocycles. The standard InChI is InChI=1S/C16H32O2.C6H12O5/c1-2-3-4-5-6-7-8-9-10-11-12-13-14-15-16(17)18;7-1-3(8)6-5(10)4(9)2-11-6/h2-15H2,1H3,(H,17,18);3-10H,1-2H2. The van der Waals surface area contributed by atoms with Gasteiger partial charge in [0.2, 0.25) is 0 Å². The van der Waals surface area contributed by atoms with E-state index in [0.717, 1.165) is 12.8 Å². The highest BCUT2D eigenvalue weighted by atomic mass is 16.5. The minimum Gasteiger partial charge on any atom is -0.481 e. The van der Waals surface area contributed by atoms with Gasteiger partial charge in [0.25, 0.3) is 0 Å². The van der Waals surface area contributed by atoms with Gasteiger partial charge in [-0.3, -0.25) is 4.79 Å². The average molecular weight is 421 g/mol. The van der Waals surface area contributed by atoms with Gasteiger partial charge in [-0.15, -0.1) is 0 Å². The number of aliphatic hydroxyl groups is 4. The molecular formula is C22H44O7. The number of aliphatic carboxylic acids is 1. The van der Waals surface area contributed by atoms with Crippen molar-refractivity contribution in [3.8, 4) is 0 Å². The summed E-state index contributed by atoms with van der Waals surface area (Å²) < 4.78 is 4.82. The normalized spacial score (nSPS) is 22.2. The number of unbranched alkanes of at least 4 members (excludes halogenated alkanes) is 12. The number of rotatable bonds is 16. The van der Waals surface area contributed by atoms with Crippen LogP contribution in [-0.2, 0) is 9.53 Å². The van der Waals surface area contributed by atoms with Gasteiger partial charge in [0.05, 0.1) is 13.2 Å². The van der Waals surface area contributed by atoms with Crippen LogP contribution < -0.4 is 0 Å². The summed E-state index contributed by atoms with van der Waals surface area (Å²) in [5.41, 5.74) is 0. The lowest BCUT2D eigenvalue weighted by Crippen LogP contribution is -2.40. The predicted molar refractivity (Wildman–Crippen MR) is 113 cm³/mol. The lowest BCUT2D eigenvalue weighted by molar-refractivity contribution is -0.137. The summed E-state index contributed by atoms with van der Waals surface area (Å²) in [7, 11) is 0. The highest BCUT2D eigenvalue weighted by Gasteiger charge is 2.38. The predicted octanol–water partition coefficient (Wildman–Crippen LogP) is 3.01. The summed E-state index contributed by atoms with van der Waals surface area (Å²) in [6.07, 6.45) is 13.2. The Morgan fingerprint density at radius 3 is 1.69 bits per heavy atom. The van der Waals surface area contributed by atoms with Crippen LogP contribution in [0, 0.1) is 0 Å². The van der Waals surface area contributed by atoms with E-state index in [-0.39, 0.29) is 6.61 Å². The van der Waals surface area contributed by atoms with Gasteiger partial charge in [0.1, 0.15) is 24.4 Å². The Bertz CT molecular complexity index is 378. The molecule has 1 rings (SSSR count). The summed E-state index contributed by atoms with van der Waals surface area (Å²) >= 11 is 0. The first-order valence-corrected chi connectivity index (χ1v) is 11.4. The molecular weight excluding hydrogens is 376 g/mol. The van der Waals surface area contributed by atoms with Crippen molar-refractivity contribution in [2.75, 3.05) is 13.2 Å². The van der Waals surface area contributed by atoms with Crippen LogP contribution in [0.2, 0.25) is 0 Å². The molecule has 5 N–H and O–H groups in total. The van der Waals surface area contributed by atoms with Crippen molar-refractivity contribution in [2.24, 2.45) is 0 Å². The largest absolute Gasteiger partial charge is 0.481 e. The molecule has 1 aliphatic rings. The van der Waals surface area contributed by atoms with Crippen LogP contribution >= 0.6 is 0 Å². The zero-order valence-electron chi connectivity index (χ0n) is 18.2. The summed E-state index contributed by atoms with van der Waals surface area (Å²) in [6, 6.07) is 0. The van der Waals surface area contributed by atoms with Gasteiger partial charge in [-0.2, -0.15) is 0 Å². The fourth-order valence-corrected chi connectivity index (χ4v) is 3.36. The van der Waals surface area contributed by atoms with Crippen LogP contribution in [0.25, 0.3) is 0 Å². The van der Waals surface area contributed by atoms with E-state index in [4.69, 9.17) is 30.3 Å². The first kappa shape index (κ1) is 28.3. The van der Waals surface area contributed by atoms with Crippen LogP contribution in [0.4, 0.5) is 0 Å². The molecule has 0 aromatic carbocycles. The van der Waals surface area contributed by atoms with Crippen molar-refractivity contribution in [1.29, 1.82) is 0 Å². The molecule has 0 aromatic heterocycles. The van der Waals surface area contributed by atoms with Gasteiger partial charge in [-0.05, 0) is 6.42 Å². The van der Waals surface area contributed by atoms with Crippen LogP contribution in [0.3, 0.4) is 0 Å². The minimum absolute atomic E-state index is 0.00287. The zero-order valence-corrected chi connectivity index (χ0v) is 18.2. The van der Waals surface area contributed by atoms with E-state index in [0.29, 0.717) is 6.42 Å². The lowest BCUT2D eigenvalue weighted by atomic mass is 10.0. The summed E-state index contributed by atoms with van der Waals surface area (Å²) in [6.45, 7) is 1.79. The second kappa shape index (κ2) is 19.2. The summed E-state index contributed by atoms with van der Waals surface area (Å²) in [4.78, 5) is 10.3. The Balaban J connectivity index is 0.000000604. The van der Waals surface area contributed by atoms with Crippen molar-refractivity contribution in [3.63, 3.8) is 0 Å². The number of ether oxygens (including phenoxy) is 1. The van der Waals surface area contributed by atoms with Crippen molar-refractivity contribution < 1.29 is 35.1 Å². The van der Waals surface area contributed by atoms with Crippen molar-refractivity contribution in [1.82, 2.24) is 0 Å². The van der Waals surface area contributed by atoms with Crippen LogP contribution in [0.5, 0.6) is 0 Å². The minimum atomic E-state index is -1.12. The molecule has 0 bridgehead atoms. The fourth-order valence-electron chi connectivity index (χ4n) is 3.36. The maximum atomic E-state index is 10.3. The van der Waals surface area contributed by atoms with E-state index in [1.165, 1.54) is 70.6 Å². The summed E-state index contributed by atoms with van der Waals surface area (Å²) in [5.74, 6) is -0.655. The third-order valence-electron chi connectivity index (χ3n) is 5.25. The number of hydrogen-bond acceptors (Lipinski definition) is 6. The molecule has 7 nitrogen and oxygen atoms in total. The third-order valence-corrected chi connectivity index (χ3v) is 5.25. The monoisotopic (exact) mass is 420 g/mol. The van der Waals surface area contributed by atoms with Crippen molar-refractivity contribution in [2.45, 2.75) is 121 Å². The molecule has 29 heavy (non-hydrogen) atoms. The van der Waals surface area contributed by atoms with E-state index in [1.807, 2.05) is 0 Å². The molecule has 1 saturated heterocycles. The van der Waals surface area contributed by atoms with E-state index >= 15 is 0 Å². The topological polar surface area (TPSA) is 127 Å². The summed E-state index contributed by atoms with van der Waals surface area (Å²) in [5, 5.41) is 44.0. The number of aliphatic hydroxyl groups excluding tert-OH is 4. The Morgan fingerprint density at radius 2 is 1.34 bits per heavy atom. The molecule has 0 spiro atoms. The molecule has 4 atom stereocenters. The van der Waals surface area contributed by atoms with Gasteiger partial charge < -0.3 is 30.3 Å². The number of hydrogen-bond donors (Lipinski definition) is 5. The Kier molecular flexibility index (Phi) is 18.8. The van der Waals surface area contributed by atoms with Gasteiger partial charge in [-0.25, -0.2) is 0 Å². The van der Waals surface area contributed by atoms with Gasteiger partial charge in [0.15, 0.2) is 0 Å². The first-order chi connectivity index (χ1) is 13.9. The SMILES string of the molecule is CCCCCCCCCCCCCCCC(=O)O.OCC(O)C1OCC(O)C1O. The lowest BCUT2D eigenvalue weighted by Gasteiger charge is -2.18. The fraction of sp³-hybridized carbons (Fsp3) is 0.955. The molecule has 1 heterocycles. The van der Waals surface area contributed by atoms with Crippen molar-refractivity contribution in [3.05, 3.63) is 0 Å². The Hall–Kier alpha value is -0.730. The average Bonchev–Trinajstić information content (AvgIpc) is 3.04. The highest BCUT2D eigenvalue weighted by Crippen LogP contribution is 2.17. The maximum absolute atomic E-state index is 10.3. The van der Waals surface area contributed by atoms with E-state index in [9.17, 15) is 4.79 Å². The van der Waals surface area contributed by atoms with Gasteiger partial charge in [0, 0.05) is 6.42 Å². The van der Waals surface area contributed by atoms with Crippen LogP contribution in [-0.4, -0.2) is 69.1 Å². The molecule has 1 fully saturated rings. The number of carboxylic acid groups (broad SMARTS) is 1. The molecule has 0 saturated carbocycles. The molecule has 7 heteroatoms. The van der Waals surface area contributed by atoms with E-state index in [2.05, 4.69) is 6.92 Å². The van der Waals surface area contributed by atoms with Gasteiger partial charge in [-0.1, -0.05) is 84.0 Å². The molecule has 0 radical (unpaired) electrons. The third kappa shape index (κ3) is 15.7. The van der Waals surface area contributed by atoms with Crippen molar-refractivity contribution >= 4 is 5.97 Å². The number of carboxylic acids is 1. The zero-order chi connectivity index (χ0) is 21.9. The second-order valence-electron chi connectivity index (χ2n) is 7.99. The Morgan fingerprint density at radius 1 is 0.897 bits per heavy atom. The highest BCUT2D eigenvalue weighted by molar-refractivity contribution is 5.66.